The SMILES string of the molecule is O=C(O)CCn1ccc(C(=O)Nc2nn(Cc3ccc(Cl)cc3)cc2Br)n1. The zero-order chi connectivity index (χ0) is 19.4. The van der Waals surface area contributed by atoms with Gasteiger partial charge in [-0.2, -0.15) is 10.2 Å². The van der Waals surface area contributed by atoms with E-state index in [1.807, 2.05) is 12.1 Å². The Morgan fingerprint density at radius 2 is 1.89 bits per heavy atom. The van der Waals surface area contributed by atoms with Gasteiger partial charge in [0.15, 0.2) is 11.5 Å². The molecule has 8 nitrogen and oxygen atoms in total. The number of carboxylic acid groups (broad SMARTS) is 1. The number of carbonyl (C=O) groups excluding carboxylic acids is 1. The Kier molecular flexibility index (Phi) is 5.92. The predicted molar refractivity (Wildman–Crippen MR) is 103 cm³/mol. The maximum Gasteiger partial charge on any atom is 0.305 e. The van der Waals surface area contributed by atoms with E-state index in [0.717, 1.165) is 5.56 Å². The van der Waals surface area contributed by atoms with E-state index in [1.54, 1.807) is 29.2 Å². The first kappa shape index (κ1) is 19.1. The van der Waals surface area contributed by atoms with Crippen molar-refractivity contribution in [2.75, 3.05) is 5.32 Å². The molecule has 27 heavy (non-hydrogen) atoms. The summed E-state index contributed by atoms with van der Waals surface area (Å²) >= 11 is 9.26. The number of hydrogen-bond acceptors (Lipinski definition) is 4. The summed E-state index contributed by atoms with van der Waals surface area (Å²) < 4.78 is 3.74. The second-order valence-electron chi connectivity index (χ2n) is 5.71. The third-order valence-electron chi connectivity index (χ3n) is 3.63. The number of aromatic nitrogens is 4. The highest BCUT2D eigenvalue weighted by atomic mass is 79.9. The number of nitrogens with zero attached hydrogens (tertiary/aromatic N) is 4. The molecule has 0 saturated carbocycles. The van der Waals surface area contributed by atoms with Crippen LogP contribution in [0, 0.1) is 0 Å². The lowest BCUT2D eigenvalue weighted by Gasteiger charge is -2.02. The summed E-state index contributed by atoms with van der Waals surface area (Å²) in [7, 11) is 0. The fourth-order valence-corrected chi connectivity index (χ4v) is 2.87. The fraction of sp³-hybridized carbons (Fsp3) is 0.176. The van der Waals surface area contributed by atoms with Crippen LogP contribution in [0.15, 0.2) is 47.2 Å². The summed E-state index contributed by atoms with van der Waals surface area (Å²) in [5.41, 5.74) is 1.20. The van der Waals surface area contributed by atoms with Crippen LogP contribution >= 0.6 is 27.5 Å². The van der Waals surface area contributed by atoms with Crippen LogP contribution < -0.4 is 5.32 Å². The highest BCUT2D eigenvalue weighted by molar-refractivity contribution is 9.10. The standard InChI is InChI=1S/C17H15BrClN5O3/c18-13-10-24(9-11-1-3-12(19)4-2-11)22-16(13)20-17(27)14-5-7-23(21-14)8-6-15(25)26/h1-5,7,10H,6,8-9H2,(H,25,26)(H,20,22,27). The molecule has 2 aromatic heterocycles. The zero-order valence-corrected chi connectivity index (χ0v) is 16.3. The van der Waals surface area contributed by atoms with Crippen molar-refractivity contribution in [3.05, 3.63) is 63.5 Å². The first-order valence-corrected chi connectivity index (χ1v) is 9.12. The average molecular weight is 453 g/mol. The molecular weight excluding hydrogens is 438 g/mol. The molecular formula is C17H15BrClN5O3. The lowest BCUT2D eigenvalue weighted by molar-refractivity contribution is -0.137. The minimum atomic E-state index is -0.924. The number of halogens is 2. The molecule has 3 rings (SSSR count). The quantitative estimate of drug-likeness (QED) is 0.573. The lowest BCUT2D eigenvalue weighted by Crippen LogP contribution is -2.15. The van der Waals surface area contributed by atoms with E-state index in [9.17, 15) is 9.59 Å². The second-order valence-corrected chi connectivity index (χ2v) is 7.00. The van der Waals surface area contributed by atoms with Gasteiger partial charge in [0.2, 0.25) is 0 Å². The Labute approximate surface area is 167 Å². The van der Waals surface area contributed by atoms with Gasteiger partial charge in [-0.15, -0.1) is 0 Å². The molecule has 0 aliphatic rings. The van der Waals surface area contributed by atoms with Gasteiger partial charge in [0.05, 0.1) is 24.0 Å². The number of benzene rings is 1. The van der Waals surface area contributed by atoms with Crippen molar-refractivity contribution in [2.45, 2.75) is 19.5 Å². The van der Waals surface area contributed by atoms with Crippen molar-refractivity contribution in [1.29, 1.82) is 0 Å². The minimum Gasteiger partial charge on any atom is -0.481 e. The van der Waals surface area contributed by atoms with Gasteiger partial charge in [-0.05, 0) is 39.7 Å². The van der Waals surface area contributed by atoms with Crippen LogP contribution in [-0.4, -0.2) is 36.5 Å². The molecule has 0 atom stereocenters. The highest BCUT2D eigenvalue weighted by Crippen LogP contribution is 2.21. The summed E-state index contributed by atoms with van der Waals surface area (Å²) in [6.07, 6.45) is 3.26. The van der Waals surface area contributed by atoms with Gasteiger partial charge in [0.25, 0.3) is 5.91 Å². The van der Waals surface area contributed by atoms with Crippen LogP contribution in [0.1, 0.15) is 22.5 Å². The van der Waals surface area contributed by atoms with Gasteiger partial charge in [-0.25, -0.2) is 0 Å². The lowest BCUT2D eigenvalue weighted by atomic mass is 10.2. The summed E-state index contributed by atoms with van der Waals surface area (Å²) in [6.45, 7) is 0.720. The molecule has 10 heteroatoms. The first-order chi connectivity index (χ1) is 12.9. The van der Waals surface area contributed by atoms with E-state index in [1.165, 1.54) is 10.7 Å². The summed E-state index contributed by atoms with van der Waals surface area (Å²) in [5, 5.41) is 20.5. The molecule has 0 radical (unpaired) electrons. The predicted octanol–water partition coefficient (Wildman–Crippen LogP) is 3.27. The Bertz CT molecular complexity index is 967. The second kappa shape index (κ2) is 8.36. The van der Waals surface area contributed by atoms with E-state index >= 15 is 0 Å². The van der Waals surface area contributed by atoms with Crippen LogP contribution in [0.4, 0.5) is 5.82 Å². The molecule has 140 valence electrons. The monoisotopic (exact) mass is 451 g/mol. The summed E-state index contributed by atoms with van der Waals surface area (Å²) in [4.78, 5) is 22.9. The molecule has 0 bridgehead atoms. The van der Waals surface area contributed by atoms with Crippen LogP contribution in [-0.2, 0) is 17.9 Å². The molecule has 0 saturated heterocycles. The van der Waals surface area contributed by atoms with Gasteiger partial charge >= 0.3 is 5.97 Å². The van der Waals surface area contributed by atoms with Crippen LogP contribution in [0.25, 0.3) is 0 Å². The normalized spacial score (nSPS) is 10.7. The topological polar surface area (TPSA) is 102 Å². The number of anilines is 1. The minimum absolute atomic E-state index is 0.0661. The molecule has 2 heterocycles. The van der Waals surface area contributed by atoms with Crippen molar-refractivity contribution in [3.63, 3.8) is 0 Å². The molecule has 0 unspecified atom stereocenters. The molecule has 1 amide bonds. The Balaban J connectivity index is 1.65. The Morgan fingerprint density at radius 1 is 1.15 bits per heavy atom. The van der Waals surface area contributed by atoms with Gasteiger partial charge < -0.3 is 10.4 Å². The van der Waals surface area contributed by atoms with E-state index in [4.69, 9.17) is 16.7 Å². The number of carbonyl (C=O) groups is 2. The summed E-state index contributed by atoms with van der Waals surface area (Å²) in [6, 6.07) is 8.94. The number of nitrogens with one attached hydrogen (secondary N) is 1. The molecule has 0 spiro atoms. The summed E-state index contributed by atoms with van der Waals surface area (Å²) in [5.74, 6) is -0.984. The smallest absolute Gasteiger partial charge is 0.305 e. The molecule has 0 fully saturated rings. The van der Waals surface area contributed by atoms with Crippen LogP contribution in [0.3, 0.4) is 0 Å². The highest BCUT2D eigenvalue weighted by Gasteiger charge is 2.15. The fourth-order valence-electron chi connectivity index (χ4n) is 2.33. The van der Waals surface area contributed by atoms with Crippen LogP contribution in [0.5, 0.6) is 0 Å². The van der Waals surface area contributed by atoms with E-state index < -0.39 is 11.9 Å². The number of hydrogen-bond donors (Lipinski definition) is 2. The number of aryl methyl sites for hydroxylation is 1. The number of aliphatic carboxylic acids is 1. The van der Waals surface area contributed by atoms with Crippen LogP contribution in [0.2, 0.25) is 5.02 Å². The Hall–Kier alpha value is -2.65. The van der Waals surface area contributed by atoms with E-state index in [-0.39, 0.29) is 18.7 Å². The molecule has 3 aromatic rings. The molecule has 0 aliphatic carbocycles. The molecule has 0 aliphatic heterocycles. The van der Waals surface area contributed by atoms with Crippen molar-refractivity contribution >= 4 is 45.2 Å². The first-order valence-electron chi connectivity index (χ1n) is 7.95. The molecule has 1 aromatic carbocycles. The zero-order valence-electron chi connectivity index (χ0n) is 14.0. The van der Waals surface area contributed by atoms with Crippen molar-refractivity contribution < 1.29 is 14.7 Å². The Morgan fingerprint density at radius 3 is 2.59 bits per heavy atom. The number of carboxylic acids is 1. The number of amides is 1. The van der Waals surface area contributed by atoms with E-state index in [2.05, 4.69) is 31.4 Å². The number of rotatable bonds is 7. The third-order valence-corrected chi connectivity index (χ3v) is 4.47. The van der Waals surface area contributed by atoms with Gasteiger partial charge in [-0.3, -0.25) is 19.0 Å². The third kappa shape index (κ3) is 5.18. The maximum absolute atomic E-state index is 12.3. The largest absolute Gasteiger partial charge is 0.481 e. The van der Waals surface area contributed by atoms with Gasteiger partial charge in [0, 0.05) is 17.4 Å². The van der Waals surface area contributed by atoms with E-state index in [0.29, 0.717) is 21.9 Å². The van der Waals surface area contributed by atoms with Gasteiger partial charge in [-0.1, -0.05) is 23.7 Å². The average Bonchev–Trinajstić information content (AvgIpc) is 3.22. The van der Waals surface area contributed by atoms with Crippen molar-refractivity contribution in [2.24, 2.45) is 0 Å². The van der Waals surface area contributed by atoms with Crippen molar-refractivity contribution in [3.8, 4) is 0 Å². The van der Waals surface area contributed by atoms with Crippen molar-refractivity contribution in [1.82, 2.24) is 19.6 Å². The molecule has 2 N–H and O–H groups in total. The maximum atomic E-state index is 12.3. The van der Waals surface area contributed by atoms with Gasteiger partial charge in [0.1, 0.15) is 0 Å².